The summed E-state index contributed by atoms with van der Waals surface area (Å²) in [5.74, 6) is -1.74. The van der Waals surface area contributed by atoms with E-state index in [0.29, 0.717) is 45.1 Å². The van der Waals surface area contributed by atoms with Gasteiger partial charge in [0, 0.05) is 17.8 Å². The van der Waals surface area contributed by atoms with Crippen molar-refractivity contribution < 1.29 is 29.0 Å². The number of carbonyl (C=O) groups is 4. The van der Waals surface area contributed by atoms with Gasteiger partial charge in [-0.25, -0.2) is 4.79 Å². The van der Waals surface area contributed by atoms with Gasteiger partial charge in [-0.1, -0.05) is 98.1 Å². The molecule has 49 heavy (non-hydrogen) atoms. The van der Waals surface area contributed by atoms with Crippen LogP contribution in [0.5, 0.6) is 5.75 Å². The minimum absolute atomic E-state index is 0.101. The van der Waals surface area contributed by atoms with E-state index in [4.69, 9.17) is 10.5 Å². The topological polar surface area (TPSA) is 160 Å². The average molecular weight is 663 g/mol. The molecule has 6 rings (SSSR count). The highest BCUT2D eigenvalue weighted by Gasteiger charge is 2.43. The summed E-state index contributed by atoms with van der Waals surface area (Å²) in [6.45, 7) is 0.395. The van der Waals surface area contributed by atoms with Crippen molar-refractivity contribution in [2.24, 2.45) is 5.73 Å². The molecule has 6 N–H and O–H groups in total. The second kappa shape index (κ2) is 14.8. The highest BCUT2D eigenvalue weighted by Crippen LogP contribution is 2.44. The van der Waals surface area contributed by atoms with Crippen LogP contribution in [0.25, 0.3) is 21.9 Å². The first-order chi connectivity index (χ1) is 23.8. The predicted molar refractivity (Wildman–Crippen MR) is 187 cm³/mol. The van der Waals surface area contributed by atoms with Gasteiger partial charge in [0.25, 0.3) is 0 Å². The first-order valence-corrected chi connectivity index (χ1v) is 17.0. The maximum atomic E-state index is 13.9. The molecule has 2 aliphatic carbocycles. The second-order valence-corrected chi connectivity index (χ2v) is 13.0. The summed E-state index contributed by atoms with van der Waals surface area (Å²) in [4.78, 5) is 52.4. The smallest absolute Gasteiger partial charge is 0.408 e. The Morgan fingerprint density at radius 2 is 1.49 bits per heavy atom. The lowest BCUT2D eigenvalue weighted by atomic mass is 9.80. The van der Waals surface area contributed by atoms with Crippen molar-refractivity contribution in [1.29, 1.82) is 0 Å². The molecule has 0 unspecified atom stereocenters. The lowest BCUT2D eigenvalue weighted by Crippen LogP contribution is -2.63. The highest BCUT2D eigenvalue weighted by atomic mass is 16.5. The molecule has 1 saturated carbocycles. The summed E-state index contributed by atoms with van der Waals surface area (Å²) < 4.78 is 5.77. The van der Waals surface area contributed by atoms with E-state index < -0.39 is 35.4 Å². The third-order valence-corrected chi connectivity index (χ3v) is 9.77. The van der Waals surface area contributed by atoms with Gasteiger partial charge in [0.2, 0.25) is 17.7 Å². The van der Waals surface area contributed by atoms with Gasteiger partial charge in [-0.3, -0.25) is 14.4 Å². The quantitative estimate of drug-likeness (QED) is 0.131. The van der Waals surface area contributed by atoms with Crippen LogP contribution in [-0.2, 0) is 25.5 Å². The van der Waals surface area contributed by atoms with Crippen molar-refractivity contribution in [2.75, 3.05) is 13.2 Å². The van der Waals surface area contributed by atoms with Gasteiger partial charge in [-0.2, -0.15) is 0 Å². The Labute approximate surface area is 285 Å². The molecule has 254 valence electrons. The van der Waals surface area contributed by atoms with Crippen LogP contribution in [-0.4, -0.2) is 53.7 Å². The normalized spacial score (nSPS) is 15.4. The first kappa shape index (κ1) is 33.5. The van der Waals surface area contributed by atoms with Gasteiger partial charge in [0.05, 0.1) is 6.42 Å². The Hall–Kier alpha value is -5.38. The third kappa shape index (κ3) is 7.38. The average Bonchev–Trinajstić information content (AvgIpc) is 3.42. The zero-order chi connectivity index (χ0) is 34.4. The van der Waals surface area contributed by atoms with E-state index in [0.717, 1.165) is 45.0 Å². The summed E-state index contributed by atoms with van der Waals surface area (Å²) in [5.41, 5.74) is 9.61. The van der Waals surface area contributed by atoms with Crippen LogP contribution in [0.2, 0.25) is 0 Å². The molecule has 10 heteroatoms. The summed E-state index contributed by atoms with van der Waals surface area (Å²) in [6.07, 6.45) is 3.18. The van der Waals surface area contributed by atoms with Crippen LogP contribution in [0, 0.1) is 0 Å². The Morgan fingerprint density at radius 1 is 0.837 bits per heavy atom. The fourth-order valence-corrected chi connectivity index (χ4v) is 7.29. The number of nitrogens with two attached hydrogens (primary N) is 1. The zero-order valence-corrected chi connectivity index (χ0v) is 27.4. The molecule has 4 amide bonds. The second-order valence-electron chi connectivity index (χ2n) is 13.0. The number of benzene rings is 4. The number of hydrogen-bond donors (Lipinski definition) is 5. The number of carbonyl (C=O) groups excluding carboxylic acids is 4. The molecular weight excluding hydrogens is 620 g/mol. The van der Waals surface area contributed by atoms with E-state index in [9.17, 15) is 24.3 Å². The Morgan fingerprint density at radius 3 is 2.18 bits per heavy atom. The van der Waals surface area contributed by atoms with Crippen molar-refractivity contribution in [3.63, 3.8) is 0 Å². The van der Waals surface area contributed by atoms with Gasteiger partial charge in [0.1, 0.15) is 23.9 Å². The molecule has 0 saturated heterocycles. The van der Waals surface area contributed by atoms with Crippen molar-refractivity contribution in [3.8, 4) is 16.9 Å². The number of ether oxygens (including phenoxy) is 1. The number of hydrogen-bond acceptors (Lipinski definition) is 6. The Kier molecular flexibility index (Phi) is 10.1. The van der Waals surface area contributed by atoms with Crippen LogP contribution in [0.1, 0.15) is 67.6 Å². The summed E-state index contributed by atoms with van der Waals surface area (Å²) in [7, 11) is 0. The van der Waals surface area contributed by atoms with Gasteiger partial charge in [-0.05, 0) is 65.0 Å². The number of alkyl carbamates (subject to hydrolysis) is 1. The van der Waals surface area contributed by atoms with E-state index in [-0.39, 0.29) is 24.7 Å². The number of phenols is 1. The van der Waals surface area contributed by atoms with Crippen molar-refractivity contribution in [3.05, 3.63) is 102 Å². The first-order valence-electron chi connectivity index (χ1n) is 17.0. The molecule has 4 aromatic rings. The van der Waals surface area contributed by atoms with E-state index in [1.54, 1.807) is 12.1 Å². The Balaban J connectivity index is 1.07. The number of primary amides is 1. The number of phenolic OH excluding ortho intramolecular Hbond substituents is 1. The fourth-order valence-electron chi connectivity index (χ4n) is 7.29. The van der Waals surface area contributed by atoms with Crippen molar-refractivity contribution >= 4 is 34.6 Å². The summed E-state index contributed by atoms with van der Waals surface area (Å²) in [5, 5.41) is 20.3. The molecule has 4 aromatic carbocycles. The predicted octanol–water partition coefficient (Wildman–Crippen LogP) is 5.20. The van der Waals surface area contributed by atoms with Gasteiger partial charge >= 0.3 is 6.09 Å². The zero-order valence-electron chi connectivity index (χ0n) is 27.4. The molecule has 0 spiro atoms. The number of nitrogens with one attached hydrogen (secondary N) is 3. The summed E-state index contributed by atoms with van der Waals surface area (Å²) in [6, 6.07) is 26.0. The van der Waals surface area contributed by atoms with E-state index in [1.807, 2.05) is 60.7 Å². The highest BCUT2D eigenvalue weighted by molar-refractivity contribution is 5.96. The largest absolute Gasteiger partial charge is 0.507 e. The summed E-state index contributed by atoms with van der Waals surface area (Å²) >= 11 is 0. The monoisotopic (exact) mass is 662 g/mol. The van der Waals surface area contributed by atoms with Crippen LogP contribution in [0.4, 0.5) is 4.79 Å². The number of fused-ring (bicyclic) bond motifs is 4. The third-order valence-electron chi connectivity index (χ3n) is 9.77. The van der Waals surface area contributed by atoms with Crippen LogP contribution >= 0.6 is 0 Å². The number of amides is 4. The van der Waals surface area contributed by atoms with E-state index in [2.05, 4.69) is 28.1 Å². The van der Waals surface area contributed by atoms with E-state index in [1.165, 1.54) is 0 Å². The molecule has 2 aliphatic rings. The minimum Gasteiger partial charge on any atom is -0.507 e. The van der Waals surface area contributed by atoms with Crippen LogP contribution < -0.4 is 21.7 Å². The molecule has 0 bridgehead atoms. The van der Waals surface area contributed by atoms with Crippen molar-refractivity contribution in [1.82, 2.24) is 16.0 Å². The lowest BCUT2D eigenvalue weighted by Gasteiger charge is -2.37. The molecule has 0 aromatic heterocycles. The van der Waals surface area contributed by atoms with Crippen LogP contribution in [0.3, 0.4) is 0 Å². The van der Waals surface area contributed by atoms with E-state index >= 15 is 0 Å². The molecule has 10 nitrogen and oxygen atoms in total. The molecule has 0 radical (unpaired) electrons. The maximum absolute atomic E-state index is 13.9. The van der Waals surface area contributed by atoms with Crippen LogP contribution in [0.15, 0.2) is 84.9 Å². The SMILES string of the molecule is NC(=O)C[C@H](NC(=O)C1(NC(=O)OCC2c3ccccc3-c3ccccc32)CCCCC1)C(=O)NCCCc1cccc2c(O)cccc12. The number of rotatable bonds is 12. The number of aromatic hydroxyl groups is 1. The number of aryl methyl sites for hydroxylation is 1. The molecule has 1 fully saturated rings. The standard InChI is InChI=1S/C39H42N4O6/c40-35(45)23-33(36(46)41-22-10-12-25-11-8-18-31-26(25)17-9-19-34(31)44)42-37(47)39(20-6-1-7-21-39)43-38(48)49-24-32-29-15-4-2-13-27(29)28-14-3-5-16-30(28)32/h2-5,8-9,11,13-19,32-33,44H,1,6-7,10,12,20-24H2,(H2,40,45)(H,41,46)(H,42,47)(H,43,48)/t33-/m0/s1. The van der Waals surface area contributed by atoms with Crippen molar-refractivity contribution in [2.45, 2.75) is 68.9 Å². The molecule has 1 atom stereocenters. The Bertz CT molecular complexity index is 1820. The molecular formula is C39H42N4O6. The van der Waals surface area contributed by atoms with Gasteiger partial charge < -0.3 is 31.5 Å². The molecule has 0 heterocycles. The van der Waals surface area contributed by atoms with Gasteiger partial charge in [-0.15, -0.1) is 0 Å². The van der Waals surface area contributed by atoms with Gasteiger partial charge in [0.15, 0.2) is 0 Å². The lowest BCUT2D eigenvalue weighted by molar-refractivity contribution is -0.135. The maximum Gasteiger partial charge on any atom is 0.408 e. The minimum atomic E-state index is -1.29. The molecule has 0 aliphatic heterocycles. The fraction of sp³-hybridized carbons (Fsp3) is 0.333.